The first-order valence-corrected chi connectivity index (χ1v) is 6.59. The normalized spacial score (nSPS) is 16.3. The molecule has 0 saturated carbocycles. The molecule has 118 valence electrons. The maximum atomic E-state index is 12.7. The Morgan fingerprint density at radius 1 is 1.29 bits per heavy atom. The zero-order valence-electron chi connectivity index (χ0n) is 12.1. The summed E-state index contributed by atoms with van der Waals surface area (Å²) in [7, 11) is 1.43. The summed E-state index contributed by atoms with van der Waals surface area (Å²) in [6.07, 6.45) is -5.77. The Kier molecular flexibility index (Phi) is 5.92. The van der Waals surface area contributed by atoms with Gasteiger partial charge >= 0.3 is 6.18 Å². The van der Waals surface area contributed by atoms with Crippen molar-refractivity contribution in [2.45, 2.75) is 44.6 Å². The second-order valence-corrected chi connectivity index (χ2v) is 5.06. The Hall–Kier alpha value is -1.40. The van der Waals surface area contributed by atoms with E-state index in [0.717, 1.165) is 6.07 Å². The molecule has 21 heavy (non-hydrogen) atoms. The van der Waals surface area contributed by atoms with Gasteiger partial charge in [0, 0.05) is 18.6 Å². The fourth-order valence-electron chi connectivity index (χ4n) is 2.29. The molecule has 0 fully saturated rings. The highest BCUT2D eigenvalue weighted by molar-refractivity contribution is 6.01. The maximum absolute atomic E-state index is 12.7. The molecule has 0 aliphatic heterocycles. The molecule has 0 spiro atoms. The smallest absolute Gasteiger partial charge is 0.393 e. The van der Waals surface area contributed by atoms with Crippen LogP contribution in [-0.2, 0) is 4.74 Å². The molecule has 0 bridgehead atoms. The largest absolute Gasteiger partial charge is 0.454 e. The lowest BCUT2D eigenvalue weighted by molar-refractivity contribution is -0.0886. The van der Waals surface area contributed by atoms with Gasteiger partial charge in [-0.15, -0.1) is 0 Å². The fourth-order valence-corrected chi connectivity index (χ4v) is 2.29. The zero-order chi connectivity index (χ0) is 16.2. The number of halogens is 3. The monoisotopic (exact) mass is 304 g/mol. The Bertz CT molecular complexity index is 483. The molecule has 1 aromatic rings. The van der Waals surface area contributed by atoms with Gasteiger partial charge in [-0.05, 0) is 18.9 Å². The second kappa shape index (κ2) is 7.04. The van der Waals surface area contributed by atoms with Gasteiger partial charge < -0.3 is 9.84 Å². The van der Waals surface area contributed by atoms with Crippen molar-refractivity contribution in [1.29, 1.82) is 0 Å². The maximum Gasteiger partial charge on any atom is 0.454 e. The number of methoxy groups -OCH3 is 1. The van der Waals surface area contributed by atoms with Gasteiger partial charge in [-0.3, -0.25) is 4.79 Å². The Morgan fingerprint density at radius 3 is 2.33 bits per heavy atom. The molecule has 0 aliphatic rings. The third kappa shape index (κ3) is 4.54. The van der Waals surface area contributed by atoms with E-state index >= 15 is 0 Å². The van der Waals surface area contributed by atoms with Crippen LogP contribution in [0.2, 0.25) is 0 Å². The highest BCUT2D eigenvalue weighted by atomic mass is 19.4. The van der Waals surface area contributed by atoms with Crippen LogP contribution in [0, 0.1) is 0 Å². The van der Waals surface area contributed by atoms with Crippen molar-refractivity contribution in [3.63, 3.8) is 0 Å². The van der Waals surface area contributed by atoms with Crippen molar-refractivity contribution in [2.24, 2.45) is 0 Å². The van der Waals surface area contributed by atoms with E-state index in [1.54, 1.807) is 19.9 Å². The molecule has 1 aromatic carbocycles. The van der Waals surface area contributed by atoms with E-state index in [0.29, 0.717) is 0 Å². The summed E-state index contributed by atoms with van der Waals surface area (Å²) in [6, 6.07) is 5.62. The quantitative estimate of drug-likeness (QED) is 0.820. The summed E-state index contributed by atoms with van der Waals surface area (Å²) < 4.78 is 43.2. The van der Waals surface area contributed by atoms with Crippen molar-refractivity contribution in [3.05, 3.63) is 35.4 Å². The summed E-state index contributed by atoms with van der Waals surface area (Å²) >= 11 is 0. The topological polar surface area (TPSA) is 46.5 Å². The molecule has 6 heteroatoms. The zero-order valence-corrected chi connectivity index (χ0v) is 12.1. The van der Waals surface area contributed by atoms with Crippen molar-refractivity contribution in [1.82, 2.24) is 0 Å². The minimum Gasteiger partial charge on any atom is -0.393 e. The molecule has 0 amide bonds. The number of ketones is 1. The van der Waals surface area contributed by atoms with Gasteiger partial charge in [0.1, 0.15) is 0 Å². The minimum absolute atomic E-state index is 0.270. The first kappa shape index (κ1) is 17.7. The number of alkyl halides is 3. The minimum atomic E-state index is -4.91. The highest BCUT2D eigenvalue weighted by Crippen LogP contribution is 2.31. The number of hydrogen-bond donors (Lipinski definition) is 1. The summed E-state index contributed by atoms with van der Waals surface area (Å²) in [6.45, 7) is 3.25. The highest BCUT2D eigenvalue weighted by Gasteiger charge is 2.41. The lowest BCUT2D eigenvalue weighted by atomic mass is 9.87. The number of ether oxygens (including phenoxy) is 1. The van der Waals surface area contributed by atoms with Crippen LogP contribution in [0.15, 0.2) is 24.3 Å². The SMILES string of the molecule is COC(CC(C)O)C(C)c1ccccc1C(=O)C(F)(F)F. The number of aliphatic hydroxyl groups is 1. The van der Waals surface area contributed by atoms with E-state index in [1.165, 1.54) is 19.2 Å². The summed E-state index contributed by atoms with van der Waals surface area (Å²) in [5.74, 6) is -2.32. The van der Waals surface area contributed by atoms with Gasteiger partial charge in [-0.25, -0.2) is 0 Å². The van der Waals surface area contributed by atoms with E-state index in [9.17, 15) is 23.1 Å². The molecule has 3 atom stereocenters. The fraction of sp³-hybridized carbons (Fsp3) is 0.533. The Labute approximate surface area is 121 Å². The van der Waals surface area contributed by atoms with E-state index in [2.05, 4.69) is 0 Å². The van der Waals surface area contributed by atoms with Gasteiger partial charge in [-0.2, -0.15) is 13.2 Å². The number of benzene rings is 1. The number of rotatable bonds is 6. The molecule has 0 aromatic heterocycles. The molecule has 3 unspecified atom stereocenters. The van der Waals surface area contributed by atoms with E-state index < -0.39 is 30.1 Å². The molecule has 1 rings (SSSR count). The lowest BCUT2D eigenvalue weighted by Gasteiger charge is -2.26. The van der Waals surface area contributed by atoms with E-state index in [-0.39, 0.29) is 17.5 Å². The average Bonchev–Trinajstić information content (AvgIpc) is 2.42. The molecule has 0 aliphatic carbocycles. The standard InChI is InChI=1S/C15H19F3O3/c1-9(19)8-13(21-3)10(2)11-6-4-5-7-12(11)14(20)15(16,17)18/h4-7,9-10,13,19H,8H2,1-3H3. The number of hydrogen-bond acceptors (Lipinski definition) is 3. The van der Waals surface area contributed by atoms with Crippen LogP contribution in [0.4, 0.5) is 13.2 Å². The molecule has 3 nitrogen and oxygen atoms in total. The number of carbonyl (C=O) groups excluding carboxylic acids is 1. The molecule has 0 radical (unpaired) electrons. The van der Waals surface area contributed by atoms with Crippen LogP contribution in [0.3, 0.4) is 0 Å². The number of aliphatic hydroxyl groups excluding tert-OH is 1. The van der Waals surface area contributed by atoms with Crippen LogP contribution in [0.5, 0.6) is 0 Å². The molecule has 0 heterocycles. The van der Waals surface area contributed by atoms with Crippen LogP contribution in [0.1, 0.15) is 42.1 Å². The number of Topliss-reactive ketones (excluding diaryl/α,β-unsaturated/α-hetero) is 1. The van der Waals surface area contributed by atoms with E-state index in [1.807, 2.05) is 0 Å². The third-order valence-electron chi connectivity index (χ3n) is 3.39. The van der Waals surface area contributed by atoms with Crippen LogP contribution in [-0.4, -0.2) is 36.4 Å². The Balaban J connectivity index is 3.15. The average molecular weight is 304 g/mol. The molecular formula is C15H19F3O3. The molecule has 1 N–H and O–H groups in total. The summed E-state index contributed by atoms with van der Waals surface area (Å²) in [4.78, 5) is 11.5. The van der Waals surface area contributed by atoms with Gasteiger partial charge in [0.05, 0.1) is 12.2 Å². The number of carbonyl (C=O) groups is 1. The summed E-state index contributed by atoms with van der Waals surface area (Å²) in [5, 5.41) is 9.43. The Morgan fingerprint density at radius 2 is 1.86 bits per heavy atom. The lowest BCUT2D eigenvalue weighted by Crippen LogP contribution is -2.28. The van der Waals surface area contributed by atoms with Gasteiger partial charge in [0.2, 0.25) is 0 Å². The van der Waals surface area contributed by atoms with Crippen LogP contribution in [0.25, 0.3) is 0 Å². The van der Waals surface area contributed by atoms with Gasteiger partial charge in [-0.1, -0.05) is 31.2 Å². The first-order chi connectivity index (χ1) is 9.68. The van der Waals surface area contributed by atoms with Crippen molar-refractivity contribution in [3.8, 4) is 0 Å². The molecule has 0 saturated heterocycles. The van der Waals surface area contributed by atoms with E-state index in [4.69, 9.17) is 4.74 Å². The van der Waals surface area contributed by atoms with Gasteiger partial charge in [0.25, 0.3) is 5.78 Å². The predicted molar refractivity (Wildman–Crippen MR) is 72.3 cm³/mol. The van der Waals surface area contributed by atoms with Gasteiger partial charge in [0.15, 0.2) is 0 Å². The van der Waals surface area contributed by atoms with Crippen LogP contribution < -0.4 is 0 Å². The van der Waals surface area contributed by atoms with Crippen molar-refractivity contribution < 1.29 is 27.8 Å². The van der Waals surface area contributed by atoms with Crippen LogP contribution >= 0.6 is 0 Å². The summed E-state index contributed by atoms with van der Waals surface area (Å²) in [5.41, 5.74) is -0.0996. The molecular weight excluding hydrogens is 285 g/mol. The second-order valence-electron chi connectivity index (χ2n) is 5.06. The predicted octanol–water partition coefficient (Wildman–Crippen LogP) is 3.32. The van der Waals surface area contributed by atoms with Crippen molar-refractivity contribution in [2.75, 3.05) is 7.11 Å². The van der Waals surface area contributed by atoms with Crippen molar-refractivity contribution >= 4 is 5.78 Å². The first-order valence-electron chi connectivity index (χ1n) is 6.59. The third-order valence-corrected chi connectivity index (χ3v) is 3.39.